The first-order chi connectivity index (χ1) is 6.44. The Morgan fingerprint density at radius 2 is 2.14 bits per heavy atom. The van der Waals surface area contributed by atoms with Crippen LogP contribution in [0.3, 0.4) is 0 Å². The molecule has 2 N–H and O–H groups in total. The van der Waals surface area contributed by atoms with Crippen LogP contribution in [-0.4, -0.2) is 34.7 Å². The van der Waals surface area contributed by atoms with E-state index in [0.29, 0.717) is 5.82 Å². The smallest absolute Gasteiger partial charge is 0.218 e. The zero-order valence-electron chi connectivity index (χ0n) is 8.27. The molecule has 0 radical (unpaired) electrons. The van der Waals surface area contributed by atoms with Gasteiger partial charge in [0.05, 0.1) is 12.3 Å². The third kappa shape index (κ3) is 2.69. The first-order valence-corrected chi connectivity index (χ1v) is 6.14. The van der Waals surface area contributed by atoms with Crippen molar-refractivity contribution in [2.24, 2.45) is 0 Å². The molecule has 6 nitrogen and oxygen atoms in total. The molecule has 1 heterocycles. The second-order valence-corrected chi connectivity index (χ2v) is 5.45. The van der Waals surface area contributed by atoms with Crippen LogP contribution in [0.1, 0.15) is 12.7 Å². The summed E-state index contributed by atoms with van der Waals surface area (Å²) in [5, 5.41) is 3.96. The maximum Gasteiger partial charge on any atom is 0.218 e. The van der Waals surface area contributed by atoms with Crippen molar-refractivity contribution in [1.29, 1.82) is 0 Å². The van der Waals surface area contributed by atoms with Crippen LogP contribution in [0.4, 0.5) is 5.95 Å². The van der Waals surface area contributed by atoms with E-state index in [1.807, 2.05) is 0 Å². The number of hydrogen-bond donors (Lipinski definition) is 1. The summed E-state index contributed by atoms with van der Waals surface area (Å²) in [6, 6.07) is 0. The zero-order valence-corrected chi connectivity index (χ0v) is 9.08. The fraction of sp³-hybridized carbons (Fsp3) is 0.714. The molecule has 80 valence electrons. The molecule has 0 atom stereocenters. The fourth-order valence-corrected chi connectivity index (χ4v) is 1.75. The molecular formula is C7H14N4O2S. The van der Waals surface area contributed by atoms with Gasteiger partial charge in [0.1, 0.15) is 5.82 Å². The molecule has 0 aliphatic carbocycles. The third-order valence-corrected chi connectivity index (χ3v) is 3.54. The largest absolute Gasteiger partial charge is 0.368 e. The minimum absolute atomic E-state index is 0.0521. The lowest BCUT2D eigenvalue weighted by Gasteiger charge is -2.02. The van der Waals surface area contributed by atoms with Crippen molar-refractivity contribution in [2.75, 3.05) is 17.2 Å². The SMILES string of the molecule is CCS(=O)(=O)CCn1nc(C)nc1N. The highest BCUT2D eigenvalue weighted by Gasteiger charge is 2.10. The highest BCUT2D eigenvalue weighted by molar-refractivity contribution is 7.91. The molecule has 1 rings (SSSR count). The molecule has 14 heavy (non-hydrogen) atoms. The monoisotopic (exact) mass is 218 g/mol. The van der Waals surface area contributed by atoms with Gasteiger partial charge in [-0.25, -0.2) is 13.1 Å². The fourth-order valence-electron chi connectivity index (χ4n) is 1.01. The van der Waals surface area contributed by atoms with Gasteiger partial charge in [-0.15, -0.1) is 0 Å². The molecule has 0 unspecified atom stereocenters. The van der Waals surface area contributed by atoms with Crippen LogP contribution in [0.25, 0.3) is 0 Å². The Kier molecular flexibility index (Phi) is 3.10. The van der Waals surface area contributed by atoms with E-state index in [1.165, 1.54) is 4.68 Å². The molecule has 7 heteroatoms. The summed E-state index contributed by atoms with van der Waals surface area (Å²) < 4.78 is 23.8. The van der Waals surface area contributed by atoms with Gasteiger partial charge < -0.3 is 5.73 Å². The van der Waals surface area contributed by atoms with Gasteiger partial charge in [0.15, 0.2) is 9.84 Å². The molecule has 0 fully saturated rings. The minimum Gasteiger partial charge on any atom is -0.368 e. The van der Waals surface area contributed by atoms with Crippen LogP contribution in [0.5, 0.6) is 0 Å². The Morgan fingerprint density at radius 1 is 1.50 bits per heavy atom. The Hall–Kier alpha value is -1.11. The number of nitrogen functional groups attached to an aromatic ring is 1. The van der Waals surface area contributed by atoms with Gasteiger partial charge >= 0.3 is 0 Å². The van der Waals surface area contributed by atoms with Gasteiger partial charge in [0.2, 0.25) is 5.95 Å². The molecule has 0 saturated carbocycles. The first kappa shape index (κ1) is 11.0. The number of aromatic nitrogens is 3. The summed E-state index contributed by atoms with van der Waals surface area (Å²) in [6.45, 7) is 3.59. The van der Waals surface area contributed by atoms with Crippen LogP contribution in [0.2, 0.25) is 0 Å². The summed E-state index contributed by atoms with van der Waals surface area (Å²) in [4.78, 5) is 3.87. The molecular weight excluding hydrogens is 204 g/mol. The Labute approximate surface area is 83.0 Å². The van der Waals surface area contributed by atoms with Crippen LogP contribution in [0, 0.1) is 6.92 Å². The number of nitrogens with zero attached hydrogens (tertiary/aromatic N) is 3. The second-order valence-electron chi connectivity index (χ2n) is 2.98. The van der Waals surface area contributed by atoms with Gasteiger partial charge in [0, 0.05) is 5.75 Å². The molecule has 0 saturated heterocycles. The van der Waals surface area contributed by atoms with Crippen molar-refractivity contribution in [2.45, 2.75) is 20.4 Å². The molecule has 0 spiro atoms. The number of aryl methyl sites for hydroxylation is 2. The molecule has 0 aromatic carbocycles. The second kappa shape index (κ2) is 3.95. The molecule has 0 aliphatic rings. The highest BCUT2D eigenvalue weighted by Crippen LogP contribution is 2.00. The van der Waals surface area contributed by atoms with E-state index < -0.39 is 9.84 Å². The van der Waals surface area contributed by atoms with Crippen molar-refractivity contribution < 1.29 is 8.42 Å². The number of anilines is 1. The van der Waals surface area contributed by atoms with E-state index >= 15 is 0 Å². The van der Waals surface area contributed by atoms with Crippen molar-refractivity contribution in [3.05, 3.63) is 5.82 Å². The number of sulfone groups is 1. The topological polar surface area (TPSA) is 90.9 Å². The van der Waals surface area contributed by atoms with Crippen molar-refractivity contribution in [3.63, 3.8) is 0 Å². The Bertz CT molecular complexity index is 409. The van der Waals surface area contributed by atoms with E-state index in [1.54, 1.807) is 13.8 Å². The zero-order chi connectivity index (χ0) is 10.8. The highest BCUT2D eigenvalue weighted by atomic mass is 32.2. The summed E-state index contributed by atoms with van der Waals surface area (Å²) in [7, 11) is -2.97. The minimum atomic E-state index is -2.97. The third-order valence-electron chi connectivity index (χ3n) is 1.86. The molecule has 0 bridgehead atoms. The standard InChI is InChI=1S/C7H14N4O2S/c1-3-14(12,13)5-4-11-7(8)9-6(2)10-11/h3-5H2,1-2H3,(H2,8,9,10). The number of rotatable bonds is 4. The maximum atomic E-state index is 11.2. The number of hydrogen-bond acceptors (Lipinski definition) is 5. The average Bonchev–Trinajstić information content (AvgIpc) is 2.42. The van der Waals surface area contributed by atoms with Crippen molar-refractivity contribution >= 4 is 15.8 Å². The van der Waals surface area contributed by atoms with E-state index in [9.17, 15) is 8.42 Å². The predicted molar refractivity (Wildman–Crippen MR) is 53.5 cm³/mol. The van der Waals surface area contributed by atoms with Gasteiger partial charge in [-0.05, 0) is 6.92 Å². The lowest BCUT2D eigenvalue weighted by Crippen LogP contribution is -2.16. The van der Waals surface area contributed by atoms with E-state index in [4.69, 9.17) is 5.73 Å². The summed E-state index contributed by atoms with van der Waals surface area (Å²) in [6.07, 6.45) is 0. The van der Waals surface area contributed by atoms with Crippen molar-refractivity contribution in [1.82, 2.24) is 14.8 Å². The molecule has 1 aromatic heterocycles. The molecule has 0 aliphatic heterocycles. The van der Waals surface area contributed by atoms with E-state index in [0.717, 1.165) is 0 Å². The Morgan fingerprint density at radius 3 is 2.57 bits per heavy atom. The van der Waals surface area contributed by atoms with Gasteiger partial charge in [0.25, 0.3) is 0 Å². The maximum absolute atomic E-state index is 11.2. The molecule has 0 amide bonds. The Balaban J connectivity index is 2.67. The van der Waals surface area contributed by atoms with Crippen LogP contribution in [-0.2, 0) is 16.4 Å². The quantitative estimate of drug-likeness (QED) is 0.742. The first-order valence-electron chi connectivity index (χ1n) is 4.32. The van der Waals surface area contributed by atoms with Crippen LogP contribution in [0.15, 0.2) is 0 Å². The lowest BCUT2D eigenvalue weighted by molar-refractivity contribution is 0.582. The summed E-state index contributed by atoms with van der Waals surface area (Å²) in [5.74, 6) is 1.00. The van der Waals surface area contributed by atoms with Gasteiger partial charge in [-0.3, -0.25) is 0 Å². The van der Waals surface area contributed by atoms with Gasteiger partial charge in [-0.2, -0.15) is 10.1 Å². The summed E-state index contributed by atoms with van der Waals surface area (Å²) in [5.41, 5.74) is 5.51. The van der Waals surface area contributed by atoms with Crippen molar-refractivity contribution in [3.8, 4) is 0 Å². The van der Waals surface area contributed by atoms with E-state index in [-0.39, 0.29) is 24.0 Å². The van der Waals surface area contributed by atoms with E-state index in [2.05, 4.69) is 10.1 Å². The predicted octanol–water partition coefficient (Wildman–Crippen LogP) is -0.397. The van der Waals surface area contributed by atoms with Crippen LogP contribution >= 0.6 is 0 Å². The van der Waals surface area contributed by atoms with Gasteiger partial charge in [-0.1, -0.05) is 6.92 Å². The molecule has 1 aromatic rings. The summed E-state index contributed by atoms with van der Waals surface area (Å²) >= 11 is 0. The average molecular weight is 218 g/mol. The van der Waals surface area contributed by atoms with Crippen LogP contribution < -0.4 is 5.73 Å². The lowest BCUT2D eigenvalue weighted by atomic mass is 10.7. The number of nitrogens with two attached hydrogens (primary N) is 1. The normalized spacial score (nSPS) is 11.9.